The number of carbonyl (C=O) groups is 2. The second-order valence-electron chi connectivity index (χ2n) is 4.64. The van der Waals surface area contributed by atoms with Crippen molar-refractivity contribution in [3.05, 3.63) is 40.5 Å². The molecule has 22 heavy (non-hydrogen) atoms. The molecular formula is C15H20BrN3O3. The van der Waals surface area contributed by atoms with Gasteiger partial charge in [0.25, 0.3) is 0 Å². The van der Waals surface area contributed by atoms with Crippen LogP contribution in [0.25, 0.3) is 6.08 Å². The molecule has 0 unspecified atom stereocenters. The molecule has 7 heteroatoms. The monoisotopic (exact) mass is 369 g/mol. The lowest BCUT2D eigenvalue weighted by molar-refractivity contribution is -0.129. The summed E-state index contributed by atoms with van der Waals surface area (Å²) in [5.41, 5.74) is 7.89. The van der Waals surface area contributed by atoms with Crippen LogP contribution in [0.3, 0.4) is 0 Å². The fourth-order valence-electron chi connectivity index (χ4n) is 1.73. The molecule has 0 saturated heterocycles. The van der Waals surface area contributed by atoms with E-state index in [4.69, 9.17) is 5.21 Å². The normalized spacial score (nSPS) is 10.5. The Labute approximate surface area is 138 Å². The number of halogens is 1. The van der Waals surface area contributed by atoms with Gasteiger partial charge in [-0.25, -0.2) is 5.48 Å². The van der Waals surface area contributed by atoms with Crippen LogP contribution in [0.5, 0.6) is 0 Å². The lowest BCUT2D eigenvalue weighted by Crippen LogP contribution is -2.33. The number of amides is 2. The van der Waals surface area contributed by atoms with Crippen LogP contribution in [0.1, 0.15) is 37.7 Å². The average molecular weight is 370 g/mol. The minimum atomic E-state index is -0.400. The maximum atomic E-state index is 11.5. The van der Waals surface area contributed by atoms with Gasteiger partial charge in [-0.05, 0) is 30.5 Å². The molecule has 2 amide bonds. The molecule has 0 fully saturated rings. The molecule has 0 heterocycles. The van der Waals surface area contributed by atoms with E-state index in [2.05, 4.69) is 26.8 Å². The van der Waals surface area contributed by atoms with Crippen molar-refractivity contribution in [2.24, 2.45) is 0 Å². The molecule has 0 spiro atoms. The van der Waals surface area contributed by atoms with Crippen molar-refractivity contribution in [1.82, 2.24) is 16.3 Å². The highest BCUT2D eigenvalue weighted by molar-refractivity contribution is 9.10. The van der Waals surface area contributed by atoms with Crippen molar-refractivity contribution >= 4 is 33.8 Å². The Balaban J connectivity index is 2.11. The SMILES string of the molecule is O=C(CCCCCC(=O)NN/C=C/c1ccccc1Br)NO. The van der Waals surface area contributed by atoms with Crippen LogP contribution in [-0.2, 0) is 9.59 Å². The van der Waals surface area contributed by atoms with Crippen LogP contribution < -0.4 is 16.3 Å². The van der Waals surface area contributed by atoms with Crippen molar-refractivity contribution in [2.75, 3.05) is 0 Å². The van der Waals surface area contributed by atoms with Crippen molar-refractivity contribution in [2.45, 2.75) is 32.1 Å². The highest BCUT2D eigenvalue weighted by atomic mass is 79.9. The van der Waals surface area contributed by atoms with E-state index in [0.717, 1.165) is 16.5 Å². The Kier molecular flexibility index (Phi) is 8.94. The summed E-state index contributed by atoms with van der Waals surface area (Å²) in [7, 11) is 0. The second-order valence-corrected chi connectivity index (χ2v) is 5.50. The number of hydrogen-bond donors (Lipinski definition) is 4. The zero-order valence-corrected chi connectivity index (χ0v) is 13.7. The minimum Gasteiger partial charge on any atom is -0.306 e. The molecule has 6 nitrogen and oxygen atoms in total. The Morgan fingerprint density at radius 1 is 1.09 bits per heavy atom. The number of carbonyl (C=O) groups excluding carboxylic acids is 2. The topological polar surface area (TPSA) is 90.5 Å². The molecule has 0 atom stereocenters. The van der Waals surface area contributed by atoms with Gasteiger partial charge in [0.2, 0.25) is 11.8 Å². The van der Waals surface area contributed by atoms with Gasteiger partial charge in [-0.2, -0.15) is 0 Å². The van der Waals surface area contributed by atoms with Crippen molar-refractivity contribution < 1.29 is 14.8 Å². The fourth-order valence-corrected chi connectivity index (χ4v) is 2.15. The summed E-state index contributed by atoms with van der Waals surface area (Å²) in [5, 5.41) is 8.32. The molecule has 0 aliphatic carbocycles. The summed E-state index contributed by atoms with van der Waals surface area (Å²) < 4.78 is 0.978. The Hall–Kier alpha value is -1.86. The fraction of sp³-hybridized carbons (Fsp3) is 0.333. The van der Waals surface area contributed by atoms with Gasteiger partial charge in [-0.1, -0.05) is 40.5 Å². The van der Waals surface area contributed by atoms with E-state index in [1.165, 1.54) is 0 Å². The number of unbranched alkanes of at least 4 members (excludes halogenated alkanes) is 2. The van der Waals surface area contributed by atoms with Gasteiger partial charge in [-0.3, -0.25) is 20.2 Å². The lowest BCUT2D eigenvalue weighted by atomic mass is 10.1. The number of nitrogens with one attached hydrogen (secondary N) is 3. The van der Waals surface area contributed by atoms with E-state index in [0.29, 0.717) is 19.3 Å². The van der Waals surface area contributed by atoms with E-state index in [1.54, 1.807) is 11.7 Å². The third-order valence-corrected chi connectivity index (χ3v) is 3.62. The number of hydroxylamine groups is 1. The quantitative estimate of drug-likeness (QED) is 0.305. The van der Waals surface area contributed by atoms with Crippen LogP contribution >= 0.6 is 15.9 Å². The Bertz CT molecular complexity index is 521. The molecule has 1 rings (SSSR count). The standard InChI is InChI=1S/C15H20BrN3O3/c16-13-7-5-4-6-12(13)10-11-17-18-14(20)8-2-1-3-9-15(21)19-22/h4-7,10-11,17,22H,1-3,8-9H2,(H,18,20)(H,19,21)/b11-10+. The molecule has 0 bridgehead atoms. The molecule has 0 radical (unpaired) electrons. The molecule has 0 aliphatic heterocycles. The zero-order chi connectivity index (χ0) is 16.2. The highest BCUT2D eigenvalue weighted by Crippen LogP contribution is 2.16. The first-order valence-electron chi connectivity index (χ1n) is 7.02. The first-order chi connectivity index (χ1) is 10.6. The number of hydrazine groups is 1. The molecule has 4 N–H and O–H groups in total. The third-order valence-electron chi connectivity index (χ3n) is 2.90. The van der Waals surface area contributed by atoms with Gasteiger partial charge in [-0.15, -0.1) is 0 Å². The predicted octanol–water partition coefficient (Wildman–Crippen LogP) is 2.50. The number of benzene rings is 1. The van der Waals surface area contributed by atoms with E-state index < -0.39 is 5.91 Å². The van der Waals surface area contributed by atoms with Gasteiger partial charge in [0.15, 0.2) is 0 Å². The van der Waals surface area contributed by atoms with Gasteiger partial charge in [0.05, 0.1) is 0 Å². The molecule has 0 aromatic heterocycles. The van der Waals surface area contributed by atoms with Crippen LogP contribution in [0.2, 0.25) is 0 Å². The van der Waals surface area contributed by atoms with E-state index >= 15 is 0 Å². The highest BCUT2D eigenvalue weighted by Gasteiger charge is 2.01. The van der Waals surface area contributed by atoms with Crippen LogP contribution in [0.4, 0.5) is 0 Å². The molecule has 0 saturated carbocycles. The molecule has 1 aromatic rings. The summed E-state index contributed by atoms with van der Waals surface area (Å²) in [6.07, 6.45) is 6.26. The van der Waals surface area contributed by atoms with Gasteiger partial charge < -0.3 is 5.43 Å². The van der Waals surface area contributed by atoms with Crippen molar-refractivity contribution in [3.63, 3.8) is 0 Å². The largest absolute Gasteiger partial charge is 0.306 e. The zero-order valence-electron chi connectivity index (χ0n) is 12.1. The maximum Gasteiger partial charge on any atom is 0.243 e. The Morgan fingerprint density at radius 3 is 2.45 bits per heavy atom. The summed E-state index contributed by atoms with van der Waals surface area (Å²) in [6, 6.07) is 7.75. The molecule has 0 aliphatic rings. The summed E-state index contributed by atoms with van der Waals surface area (Å²) in [6.45, 7) is 0. The van der Waals surface area contributed by atoms with E-state index in [1.807, 2.05) is 30.3 Å². The minimum absolute atomic E-state index is 0.108. The second kappa shape index (κ2) is 10.8. The lowest BCUT2D eigenvalue weighted by Gasteiger charge is -2.04. The van der Waals surface area contributed by atoms with Crippen molar-refractivity contribution in [3.8, 4) is 0 Å². The maximum absolute atomic E-state index is 11.5. The van der Waals surface area contributed by atoms with Crippen LogP contribution in [-0.4, -0.2) is 17.0 Å². The number of rotatable bonds is 9. The Morgan fingerprint density at radius 2 is 1.77 bits per heavy atom. The summed E-state index contributed by atoms with van der Waals surface area (Å²) >= 11 is 3.43. The van der Waals surface area contributed by atoms with Gasteiger partial charge >= 0.3 is 0 Å². The first-order valence-corrected chi connectivity index (χ1v) is 7.81. The van der Waals surface area contributed by atoms with Gasteiger partial charge in [0.1, 0.15) is 0 Å². The summed E-state index contributed by atoms with van der Waals surface area (Å²) in [4.78, 5) is 22.3. The number of hydrogen-bond acceptors (Lipinski definition) is 4. The summed E-state index contributed by atoms with van der Waals surface area (Å²) in [5.74, 6) is -0.508. The van der Waals surface area contributed by atoms with E-state index in [9.17, 15) is 9.59 Å². The third kappa shape index (κ3) is 7.80. The predicted molar refractivity (Wildman–Crippen MR) is 87.5 cm³/mol. The van der Waals surface area contributed by atoms with Crippen LogP contribution in [0.15, 0.2) is 34.9 Å². The molecule has 120 valence electrons. The molecular weight excluding hydrogens is 350 g/mol. The van der Waals surface area contributed by atoms with E-state index in [-0.39, 0.29) is 12.3 Å². The van der Waals surface area contributed by atoms with Crippen molar-refractivity contribution in [1.29, 1.82) is 0 Å². The van der Waals surface area contributed by atoms with Crippen LogP contribution in [0, 0.1) is 0 Å². The smallest absolute Gasteiger partial charge is 0.243 e. The first kappa shape index (κ1) is 18.2. The molecule has 1 aromatic carbocycles. The van der Waals surface area contributed by atoms with Gasteiger partial charge in [0, 0.05) is 23.5 Å². The average Bonchev–Trinajstić information content (AvgIpc) is 2.52.